The average molecular weight is 420 g/mol. The van der Waals surface area contributed by atoms with Gasteiger partial charge >= 0.3 is 12.1 Å². The van der Waals surface area contributed by atoms with Crippen LogP contribution in [0.1, 0.15) is 15.9 Å². The Morgan fingerprint density at radius 1 is 1.07 bits per heavy atom. The molecule has 0 fully saturated rings. The second kappa shape index (κ2) is 9.52. The SMILES string of the molecule is O=C(COC(=O)c1ccc(COCC(F)(F)F)cc1)Nc1cc(Cl)ccc1F. The molecule has 5 nitrogen and oxygen atoms in total. The van der Waals surface area contributed by atoms with Crippen LogP contribution in [0.3, 0.4) is 0 Å². The van der Waals surface area contributed by atoms with E-state index in [-0.39, 0.29) is 22.9 Å². The summed E-state index contributed by atoms with van der Waals surface area (Å²) in [5.41, 5.74) is 0.355. The summed E-state index contributed by atoms with van der Waals surface area (Å²) in [5, 5.41) is 2.43. The Morgan fingerprint density at radius 3 is 2.39 bits per heavy atom. The van der Waals surface area contributed by atoms with Crippen molar-refractivity contribution >= 4 is 29.2 Å². The van der Waals surface area contributed by atoms with Crippen LogP contribution in [0.15, 0.2) is 42.5 Å². The number of amides is 1. The first-order valence-electron chi connectivity index (χ1n) is 7.79. The van der Waals surface area contributed by atoms with Crippen molar-refractivity contribution in [2.24, 2.45) is 0 Å². The third kappa shape index (κ3) is 7.16. The van der Waals surface area contributed by atoms with Crippen LogP contribution in [-0.2, 0) is 20.9 Å². The van der Waals surface area contributed by atoms with Crippen molar-refractivity contribution < 1.29 is 36.6 Å². The van der Waals surface area contributed by atoms with E-state index in [9.17, 15) is 27.2 Å². The van der Waals surface area contributed by atoms with Crippen LogP contribution in [0.25, 0.3) is 0 Å². The molecule has 0 spiro atoms. The molecule has 0 saturated carbocycles. The molecule has 2 aromatic carbocycles. The zero-order valence-corrected chi connectivity index (χ0v) is 14.9. The fourth-order valence-corrected chi connectivity index (χ4v) is 2.19. The number of alkyl halides is 3. The van der Waals surface area contributed by atoms with Gasteiger partial charge in [-0.2, -0.15) is 13.2 Å². The number of hydrogen-bond donors (Lipinski definition) is 1. The zero-order chi connectivity index (χ0) is 20.7. The average Bonchev–Trinajstić information content (AvgIpc) is 2.62. The van der Waals surface area contributed by atoms with Crippen LogP contribution < -0.4 is 5.32 Å². The number of benzene rings is 2. The van der Waals surface area contributed by atoms with Crippen molar-refractivity contribution in [3.8, 4) is 0 Å². The van der Waals surface area contributed by atoms with E-state index in [1.807, 2.05) is 0 Å². The maximum Gasteiger partial charge on any atom is 0.411 e. The summed E-state index contributed by atoms with van der Waals surface area (Å²) in [6.07, 6.45) is -4.42. The van der Waals surface area contributed by atoms with E-state index in [4.69, 9.17) is 16.3 Å². The van der Waals surface area contributed by atoms with Crippen LogP contribution in [0.5, 0.6) is 0 Å². The van der Waals surface area contributed by atoms with Crippen LogP contribution in [0.4, 0.5) is 23.2 Å². The minimum Gasteiger partial charge on any atom is -0.452 e. The summed E-state index contributed by atoms with van der Waals surface area (Å²) in [5.74, 6) is -2.30. The first-order chi connectivity index (χ1) is 13.1. The highest BCUT2D eigenvalue weighted by atomic mass is 35.5. The number of carbonyl (C=O) groups excluding carboxylic acids is 2. The summed E-state index contributed by atoms with van der Waals surface area (Å²) < 4.78 is 58.9. The Balaban J connectivity index is 1.82. The first-order valence-corrected chi connectivity index (χ1v) is 8.17. The largest absolute Gasteiger partial charge is 0.452 e. The van der Waals surface area contributed by atoms with Crippen LogP contribution in [-0.4, -0.2) is 31.3 Å². The quantitative estimate of drug-likeness (QED) is 0.535. The van der Waals surface area contributed by atoms with Gasteiger partial charge in [0, 0.05) is 5.02 Å². The molecule has 1 N–H and O–H groups in total. The number of esters is 1. The number of anilines is 1. The van der Waals surface area contributed by atoms with E-state index in [0.29, 0.717) is 5.56 Å². The number of nitrogens with one attached hydrogen (secondary N) is 1. The van der Waals surface area contributed by atoms with Gasteiger partial charge in [0.1, 0.15) is 12.4 Å². The van der Waals surface area contributed by atoms with E-state index in [1.54, 1.807) is 0 Å². The highest BCUT2D eigenvalue weighted by Gasteiger charge is 2.27. The number of hydrogen-bond acceptors (Lipinski definition) is 4. The van der Waals surface area contributed by atoms with Gasteiger partial charge in [-0.15, -0.1) is 0 Å². The van der Waals surface area contributed by atoms with Crippen molar-refractivity contribution in [3.05, 3.63) is 64.4 Å². The second-order valence-electron chi connectivity index (χ2n) is 5.55. The number of rotatable bonds is 7. The Morgan fingerprint density at radius 2 is 1.75 bits per heavy atom. The highest BCUT2D eigenvalue weighted by Crippen LogP contribution is 2.19. The molecule has 1 amide bonds. The summed E-state index contributed by atoms with van der Waals surface area (Å²) >= 11 is 5.71. The second-order valence-corrected chi connectivity index (χ2v) is 5.99. The summed E-state index contributed by atoms with van der Waals surface area (Å²) in [6.45, 7) is -2.32. The lowest BCUT2D eigenvalue weighted by atomic mass is 10.1. The van der Waals surface area contributed by atoms with E-state index < -0.39 is 37.1 Å². The van der Waals surface area contributed by atoms with Gasteiger partial charge in [-0.05, 0) is 35.9 Å². The fraction of sp³-hybridized carbons (Fsp3) is 0.222. The van der Waals surface area contributed by atoms with E-state index in [1.165, 1.54) is 36.4 Å². The molecular weight excluding hydrogens is 406 g/mol. The molecule has 150 valence electrons. The van der Waals surface area contributed by atoms with Gasteiger partial charge in [0.25, 0.3) is 5.91 Å². The minimum atomic E-state index is -4.42. The van der Waals surface area contributed by atoms with Gasteiger partial charge in [0.15, 0.2) is 6.61 Å². The Bertz CT molecular complexity index is 840. The lowest BCUT2D eigenvalue weighted by Crippen LogP contribution is -2.21. The molecule has 0 aliphatic rings. The molecule has 0 aromatic heterocycles. The van der Waals surface area contributed by atoms with E-state index in [2.05, 4.69) is 10.1 Å². The molecule has 28 heavy (non-hydrogen) atoms. The topological polar surface area (TPSA) is 64.6 Å². The zero-order valence-electron chi connectivity index (χ0n) is 14.2. The Kier molecular flexibility index (Phi) is 7.36. The molecule has 0 heterocycles. The Hall–Kier alpha value is -2.65. The molecule has 0 saturated heterocycles. The van der Waals surface area contributed by atoms with Crippen molar-refractivity contribution in [3.63, 3.8) is 0 Å². The first kappa shape index (κ1) is 21.6. The standard InChI is InChI=1S/C18H14ClF4NO4/c19-13-5-6-14(20)15(7-13)24-16(25)9-28-17(26)12-3-1-11(2-4-12)8-27-10-18(21,22)23/h1-7H,8-10H2,(H,24,25). The summed E-state index contributed by atoms with van der Waals surface area (Å²) in [7, 11) is 0. The van der Waals surface area contributed by atoms with Crippen LogP contribution in [0, 0.1) is 5.82 Å². The van der Waals surface area contributed by atoms with Gasteiger partial charge in [-0.3, -0.25) is 4.79 Å². The lowest BCUT2D eigenvalue weighted by molar-refractivity contribution is -0.176. The number of halogens is 5. The van der Waals surface area contributed by atoms with Crippen LogP contribution in [0.2, 0.25) is 5.02 Å². The molecule has 2 aromatic rings. The normalized spacial score (nSPS) is 11.2. The maximum atomic E-state index is 13.5. The van der Waals surface area contributed by atoms with Crippen molar-refractivity contribution in [1.82, 2.24) is 0 Å². The molecule has 10 heteroatoms. The highest BCUT2D eigenvalue weighted by molar-refractivity contribution is 6.30. The van der Waals surface area contributed by atoms with Crippen molar-refractivity contribution in [1.29, 1.82) is 0 Å². The molecule has 2 rings (SSSR count). The summed E-state index contributed by atoms with van der Waals surface area (Å²) in [6, 6.07) is 9.03. The van der Waals surface area contributed by atoms with Gasteiger partial charge in [0.05, 0.1) is 17.9 Å². The van der Waals surface area contributed by atoms with Gasteiger partial charge in [0.2, 0.25) is 0 Å². The number of carbonyl (C=O) groups is 2. The monoisotopic (exact) mass is 419 g/mol. The molecule has 0 unspecified atom stereocenters. The fourth-order valence-electron chi connectivity index (χ4n) is 2.02. The van der Waals surface area contributed by atoms with E-state index >= 15 is 0 Å². The molecule has 0 aliphatic carbocycles. The predicted octanol–water partition coefficient (Wildman–Crippen LogP) is 4.35. The smallest absolute Gasteiger partial charge is 0.411 e. The molecule has 0 atom stereocenters. The molecule has 0 aliphatic heterocycles. The van der Waals surface area contributed by atoms with Gasteiger partial charge in [-0.25, -0.2) is 9.18 Å². The minimum absolute atomic E-state index is 0.0845. The summed E-state index contributed by atoms with van der Waals surface area (Å²) in [4.78, 5) is 23.7. The molecular formula is C18H14ClF4NO4. The third-order valence-electron chi connectivity index (χ3n) is 3.26. The third-order valence-corrected chi connectivity index (χ3v) is 3.50. The van der Waals surface area contributed by atoms with Crippen molar-refractivity contribution in [2.45, 2.75) is 12.8 Å². The predicted molar refractivity (Wildman–Crippen MR) is 92.5 cm³/mol. The van der Waals surface area contributed by atoms with E-state index in [0.717, 1.165) is 6.07 Å². The van der Waals surface area contributed by atoms with Gasteiger partial charge < -0.3 is 14.8 Å². The van der Waals surface area contributed by atoms with Crippen molar-refractivity contribution in [2.75, 3.05) is 18.5 Å². The maximum absolute atomic E-state index is 13.5. The van der Waals surface area contributed by atoms with Crippen LogP contribution >= 0.6 is 11.6 Å². The number of ether oxygens (including phenoxy) is 2. The van der Waals surface area contributed by atoms with Gasteiger partial charge in [-0.1, -0.05) is 23.7 Å². The molecule has 0 bridgehead atoms. The lowest BCUT2D eigenvalue weighted by Gasteiger charge is -2.09. The Labute approximate surface area is 162 Å². The molecule has 0 radical (unpaired) electrons.